The maximum Gasteiger partial charge on any atom is 0.418 e. The third kappa shape index (κ3) is 5.65. The molecule has 0 fully saturated rings. The minimum atomic E-state index is -4.65. The van der Waals surface area contributed by atoms with Crippen LogP contribution in [0.1, 0.15) is 16.7 Å². The zero-order valence-electron chi connectivity index (χ0n) is 18.3. The Bertz CT molecular complexity index is 1400. The minimum Gasteiger partial charge on any atom is -0.321 e. The molecule has 0 saturated heterocycles. The number of carbonyl (C=O) groups excluding carboxylic acids is 1. The summed E-state index contributed by atoms with van der Waals surface area (Å²) in [7, 11) is 0. The van der Waals surface area contributed by atoms with E-state index in [2.05, 4.69) is 10.4 Å². The van der Waals surface area contributed by atoms with E-state index in [1.807, 2.05) is 60.7 Å². The number of rotatable bonds is 6. The highest BCUT2D eigenvalue weighted by atomic mass is 19.4. The highest BCUT2D eigenvalue weighted by Crippen LogP contribution is 2.34. The zero-order valence-corrected chi connectivity index (χ0v) is 18.3. The number of carbonyl (C=O) groups is 1. The highest BCUT2D eigenvalue weighted by molar-refractivity contribution is 6.10. The molecule has 4 aromatic rings. The van der Waals surface area contributed by atoms with E-state index in [0.717, 1.165) is 23.3 Å². The van der Waals surface area contributed by atoms with Gasteiger partial charge in [0.2, 0.25) is 0 Å². The van der Waals surface area contributed by atoms with Crippen LogP contribution in [0.15, 0.2) is 96.7 Å². The van der Waals surface area contributed by atoms with Crippen LogP contribution in [-0.2, 0) is 17.5 Å². The number of nitriles is 1. The van der Waals surface area contributed by atoms with Crippen LogP contribution in [0.25, 0.3) is 17.3 Å². The second kappa shape index (κ2) is 10.1. The molecule has 0 aliphatic rings. The van der Waals surface area contributed by atoms with Gasteiger partial charge in [-0.3, -0.25) is 9.48 Å². The molecule has 1 aromatic heterocycles. The van der Waals surface area contributed by atoms with Gasteiger partial charge in [0.05, 0.1) is 23.5 Å². The molecular weight excluding hydrogens is 453 g/mol. The Morgan fingerprint density at radius 1 is 0.971 bits per heavy atom. The molecule has 0 unspecified atom stereocenters. The molecule has 174 valence electrons. The van der Waals surface area contributed by atoms with Gasteiger partial charge in [-0.25, -0.2) is 0 Å². The molecule has 0 radical (unpaired) electrons. The van der Waals surface area contributed by atoms with Crippen LogP contribution < -0.4 is 5.32 Å². The third-order valence-corrected chi connectivity index (χ3v) is 5.17. The fourth-order valence-corrected chi connectivity index (χ4v) is 3.55. The zero-order chi connectivity index (χ0) is 24.8. The molecule has 35 heavy (non-hydrogen) atoms. The van der Waals surface area contributed by atoms with Crippen molar-refractivity contribution in [2.24, 2.45) is 0 Å². The van der Waals surface area contributed by atoms with E-state index in [1.165, 1.54) is 18.2 Å². The van der Waals surface area contributed by atoms with Crippen LogP contribution in [0.4, 0.5) is 18.9 Å². The van der Waals surface area contributed by atoms with E-state index in [4.69, 9.17) is 0 Å². The molecule has 0 spiro atoms. The number of anilines is 1. The van der Waals surface area contributed by atoms with Crippen LogP contribution in [0.3, 0.4) is 0 Å². The lowest BCUT2D eigenvalue weighted by Crippen LogP contribution is -2.17. The van der Waals surface area contributed by atoms with Crippen LogP contribution >= 0.6 is 0 Å². The summed E-state index contributed by atoms with van der Waals surface area (Å²) in [5.74, 6) is -0.945. The Kier molecular flexibility index (Phi) is 6.78. The maximum absolute atomic E-state index is 13.3. The van der Waals surface area contributed by atoms with Gasteiger partial charge in [-0.2, -0.15) is 23.5 Å². The summed E-state index contributed by atoms with van der Waals surface area (Å²) < 4.78 is 41.6. The van der Waals surface area contributed by atoms with Gasteiger partial charge in [-0.1, -0.05) is 72.8 Å². The second-order valence-corrected chi connectivity index (χ2v) is 7.65. The summed E-state index contributed by atoms with van der Waals surface area (Å²) in [6.45, 7) is 0.460. The monoisotopic (exact) mass is 472 g/mol. The number of alkyl halides is 3. The van der Waals surface area contributed by atoms with E-state index in [9.17, 15) is 23.2 Å². The molecule has 1 N–H and O–H groups in total. The summed E-state index contributed by atoms with van der Waals surface area (Å²) in [5, 5.41) is 16.5. The predicted molar refractivity (Wildman–Crippen MR) is 127 cm³/mol. The molecule has 1 heterocycles. The van der Waals surface area contributed by atoms with Gasteiger partial charge in [0, 0.05) is 17.3 Å². The van der Waals surface area contributed by atoms with Gasteiger partial charge in [-0.15, -0.1) is 0 Å². The van der Waals surface area contributed by atoms with E-state index in [0.29, 0.717) is 17.8 Å². The Hall–Kier alpha value is -4.64. The highest BCUT2D eigenvalue weighted by Gasteiger charge is 2.33. The average molecular weight is 472 g/mol. The van der Waals surface area contributed by atoms with Crippen LogP contribution in [-0.4, -0.2) is 15.7 Å². The molecule has 5 nitrogen and oxygen atoms in total. The lowest BCUT2D eigenvalue weighted by atomic mass is 10.1. The number of amides is 1. The van der Waals surface area contributed by atoms with Crippen LogP contribution in [0.5, 0.6) is 0 Å². The van der Waals surface area contributed by atoms with Gasteiger partial charge >= 0.3 is 6.18 Å². The third-order valence-electron chi connectivity index (χ3n) is 5.17. The number of nitrogens with zero attached hydrogens (tertiary/aromatic N) is 3. The second-order valence-electron chi connectivity index (χ2n) is 7.65. The molecule has 3 aromatic carbocycles. The number of hydrogen-bond acceptors (Lipinski definition) is 3. The number of aromatic nitrogens is 2. The summed E-state index contributed by atoms with van der Waals surface area (Å²) in [6, 6.07) is 25.3. The van der Waals surface area contributed by atoms with Crippen molar-refractivity contribution in [1.29, 1.82) is 5.26 Å². The maximum atomic E-state index is 13.3. The molecule has 8 heteroatoms. The lowest BCUT2D eigenvalue weighted by Gasteiger charge is -2.13. The summed E-state index contributed by atoms with van der Waals surface area (Å²) in [6.07, 6.45) is -1.62. The first-order valence-electron chi connectivity index (χ1n) is 10.6. The van der Waals surface area contributed by atoms with Crippen molar-refractivity contribution in [3.8, 4) is 17.3 Å². The minimum absolute atomic E-state index is 0.349. The van der Waals surface area contributed by atoms with E-state index < -0.39 is 23.3 Å². The Morgan fingerprint density at radius 2 is 1.60 bits per heavy atom. The van der Waals surface area contributed by atoms with E-state index in [1.54, 1.807) is 16.9 Å². The van der Waals surface area contributed by atoms with Crippen molar-refractivity contribution in [2.75, 3.05) is 5.32 Å². The first kappa shape index (κ1) is 23.5. The van der Waals surface area contributed by atoms with Crippen molar-refractivity contribution in [3.05, 3.63) is 113 Å². The first-order chi connectivity index (χ1) is 16.8. The number of para-hydroxylation sites is 1. The van der Waals surface area contributed by atoms with E-state index in [-0.39, 0.29) is 5.57 Å². The smallest absolute Gasteiger partial charge is 0.321 e. The average Bonchev–Trinajstić information content (AvgIpc) is 3.25. The van der Waals surface area contributed by atoms with E-state index >= 15 is 0 Å². The van der Waals surface area contributed by atoms with Gasteiger partial charge in [0.1, 0.15) is 11.6 Å². The first-order valence-corrected chi connectivity index (χ1v) is 10.6. The van der Waals surface area contributed by atoms with Crippen molar-refractivity contribution < 1.29 is 18.0 Å². The largest absolute Gasteiger partial charge is 0.418 e. The van der Waals surface area contributed by atoms with Crippen molar-refractivity contribution >= 4 is 17.7 Å². The number of hydrogen-bond donors (Lipinski definition) is 1. The van der Waals surface area contributed by atoms with Crippen molar-refractivity contribution in [3.63, 3.8) is 0 Å². The lowest BCUT2D eigenvalue weighted by molar-refractivity contribution is -0.137. The summed E-state index contributed by atoms with van der Waals surface area (Å²) >= 11 is 0. The van der Waals surface area contributed by atoms with Gasteiger partial charge in [0.25, 0.3) is 5.91 Å². The molecule has 1 amide bonds. The molecule has 0 aliphatic heterocycles. The van der Waals surface area contributed by atoms with Crippen LogP contribution in [0, 0.1) is 11.3 Å². The summed E-state index contributed by atoms with van der Waals surface area (Å²) in [4.78, 5) is 12.8. The number of halogens is 3. The topological polar surface area (TPSA) is 70.7 Å². The summed E-state index contributed by atoms with van der Waals surface area (Å²) in [5.41, 5.74) is 1.04. The molecule has 0 bridgehead atoms. The molecule has 0 saturated carbocycles. The van der Waals surface area contributed by atoms with Crippen molar-refractivity contribution in [2.45, 2.75) is 12.7 Å². The molecule has 0 aliphatic carbocycles. The standard InChI is InChI=1S/C27H19F3N4O/c28-27(29,30)23-13-7-8-14-24(23)32-26(35)21(16-31)15-22-18-34(17-19-9-3-1-4-10-19)33-25(22)20-11-5-2-6-12-20/h1-15,18H,17H2,(H,32,35)/b21-15+. The molecule has 4 rings (SSSR count). The van der Waals surface area contributed by atoms with Gasteiger partial charge < -0.3 is 5.32 Å². The quantitative estimate of drug-likeness (QED) is 0.270. The SMILES string of the molecule is N#C/C(=C\c1cn(Cc2ccccc2)nc1-c1ccccc1)C(=O)Nc1ccccc1C(F)(F)F. The van der Waals surface area contributed by atoms with Crippen LogP contribution in [0.2, 0.25) is 0 Å². The fourth-order valence-electron chi connectivity index (χ4n) is 3.55. The van der Waals surface area contributed by atoms with Gasteiger partial charge in [0.15, 0.2) is 0 Å². The molecule has 0 atom stereocenters. The number of benzene rings is 3. The predicted octanol–water partition coefficient (Wildman–Crippen LogP) is 6.16. The normalized spacial score (nSPS) is 11.7. The number of nitrogens with one attached hydrogen (secondary N) is 1. The van der Waals surface area contributed by atoms with Gasteiger partial charge in [-0.05, 0) is 23.8 Å². The Morgan fingerprint density at radius 3 is 2.26 bits per heavy atom. The Balaban J connectivity index is 1.70. The Labute approximate surface area is 199 Å². The molecular formula is C27H19F3N4O. The van der Waals surface area contributed by atoms with Crippen molar-refractivity contribution in [1.82, 2.24) is 9.78 Å². The fraction of sp³-hybridized carbons (Fsp3) is 0.0741.